The number of hydrogen-bond acceptors (Lipinski definition) is 6. The highest BCUT2D eigenvalue weighted by atomic mass is 16.5. The third-order valence-electron chi connectivity index (χ3n) is 4.57. The van der Waals surface area contributed by atoms with E-state index in [1.807, 2.05) is 6.07 Å². The fraction of sp³-hybridized carbons (Fsp3) is 0.600. The Hall–Kier alpha value is -1.66. The molecule has 21 heavy (non-hydrogen) atoms. The van der Waals surface area contributed by atoms with E-state index in [4.69, 9.17) is 14.2 Å². The van der Waals surface area contributed by atoms with Gasteiger partial charge in [-0.05, 0) is 12.5 Å². The molecule has 3 aliphatic heterocycles. The molecule has 0 spiro atoms. The van der Waals surface area contributed by atoms with E-state index in [0.717, 1.165) is 37.4 Å². The van der Waals surface area contributed by atoms with Gasteiger partial charge in [0.15, 0.2) is 0 Å². The van der Waals surface area contributed by atoms with Gasteiger partial charge >= 0.3 is 5.97 Å². The van der Waals surface area contributed by atoms with Crippen molar-refractivity contribution in [2.75, 3.05) is 31.7 Å². The number of rotatable bonds is 2. The number of anilines is 1. The lowest BCUT2D eigenvalue weighted by atomic mass is 10.1. The monoisotopic (exact) mass is 290 g/mol. The molecule has 0 saturated carbocycles. The Morgan fingerprint density at radius 1 is 1.43 bits per heavy atom. The number of fused-ring (bicyclic) bond motifs is 2. The molecule has 2 saturated heterocycles. The van der Waals surface area contributed by atoms with Crippen LogP contribution in [0.1, 0.15) is 28.0 Å². The van der Waals surface area contributed by atoms with Gasteiger partial charge in [-0.3, -0.25) is 0 Å². The number of carbonyl (C=O) groups excluding carboxylic acids is 1. The van der Waals surface area contributed by atoms with E-state index in [0.29, 0.717) is 30.5 Å². The summed E-state index contributed by atoms with van der Waals surface area (Å²) >= 11 is 0. The van der Waals surface area contributed by atoms with Gasteiger partial charge in [0.25, 0.3) is 0 Å². The molecule has 0 aliphatic carbocycles. The number of pyridine rings is 1. The van der Waals surface area contributed by atoms with Gasteiger partial charge in [0.2, 0.25) is 0 Å². The number of carbonyl (C=O) groups is 1. The van der Waals surface area contributed by atoms with Gasteiger partial charge in [-0.1, -0.05) is 0 Å². The summed E-state index contributed by atoms with van der Waals surface area (Å²) in [7, 11) is 1.40. The minimum atomic E-state index is -0.342. The largest absolute Gasteiger partial charge is 0.465 e. The zero-order valence-electron chi connectivity index (χ0n) is 12.0. The summed E-state index contributed by atoms with van der Waals surface area (Å²) in [6, 6.07) is 1.87. The summed E-state index contributed by atoms with van der Waals surface area (Å²) in [5, 5.41) is 0. The maximum Gasteiger partial charge on any atom is 0.341 e. The van der Waals surface area contributed by atoms with E-state index in [9.17, 15) is 4.79 Å². The number of esters is 1. The summed E-state index contributed by atoms with van der Waals surface area (Å²) in [6.07, 6.45) is 1.35. The van der Waals surface area contributed by atoms with Crippen LogP contribution in [0.15, 0.2) is 6.07 Å². The van der Waals surface area contributed by atoms with Crippen LogP contribution in [-0.4, -0.2) is 43.9 Å². The van der Waals surface area contributed by atoms with E-state index >= 15 is 0 Å². The minimum absolute atomic E-state index is 0.266. The number of methoxy groups -OCH3 is 1. The van der Waals surface area contributed by atoms with E-state index in [1.54, 1.807) is 0 Å². The van der Waals surface area contributed by atoms with Gasteiger partial charge in [-0.25, -0.2) is 9.78 Å². The molecule has 0 unspecified atom stereocenters. The second-order valence-electron chi connectivity index (χ2n) is 5.81. The molecule has 1 aromatic rings. The highest BCUT2D eigenvalue weighted by Crippen LogP contribution is 2.34. The van der Waals surface area contributed by atoms with E-state index < -0.39 is 0 Å². The van der Waals surface area contributed by atoms with Crippen LogP contribution in [0.4, 0.5) is 5.82 Å². The molecule has 3 aliphatic rings. The van der Waals surface area contributed by atoms with Crippen molar-refractivity contribution in [3.05, 3.63) is 22.9 Å². The first kappa shape index (κ1) is 13.0. The molecule has 4 heterocycles. The Balaban J connectivity index is 1.71. The molecule has 2 fully saturated rings. The van der Waals surface area contributed by atoms with Gasteiger partial charge in [0.1, 0.15) is 11.4 Å². The summed E-state index contributed by atoms with van der Waals surface area (Å²) in [6.45, 7) is 3.56. The molecule has 112 valence electrons. The summed E-state index contributed by atoms with van der Waals surface area (Å²) < 4.78 is 16.1. The van der Waals surface area contributed by atoms with Crippen LogP contribution < -0.4 is 4.90 Å². The van der Waals surface area contributed by atoms with E-state index in [2.05, 4.69) is 9.88 Å². The lowest BCUT2D eigenvalue weighted by Crippen LogP contribution is -2.26. The molecule has 4 rings (SSSR count). The van der Waals surface area contributed by atoms with Crippen LogP contribution in [0.3, 0.4) is 0 Å². The fourth-order valence-electron chi connectivity index (χ4n) is 3.44. The first-order valence-electron chi connectivity index (χ1n) is 7.31. The maximum absolute atomic E-state index is 12.1. The number of nitrogens with zero attached hydrogens (tertiary/aromatic N) is 2. The molecule has 0 radical (unpaired) electrons. The highest BCUT2D eigenvalue weighted by molar-refractivity contribution is 5.95. The fourth-order valence-corrected chi connectivity index (χ4v) is 3.44. The van der Waals surface area contributed by atoms with Crippen LogP contribution in [0.25, 0.3) is 0 Å². The van der Waals surface area contributed by atoms with Crippen LogP contribution in [0.5, 0.6) is 0 Å². The first-order chi connectivity index (χ1) is 10.3. The summed E-state index contributed by atoms with van der Waals surface area (Å²) in [5.74, 6) is 0.913. The predicted molar refractivity (Wildman–Crippen MR) is 74.1 cm³/mol. The third-order valence-corrected chi connectivity index (χ3v) is 4.57. The van der Waals surface area contributed by atoms with Gasteiger partial charge in [0, 0.05) is 31.2 Å². The molecule has 0 bridgehead atoms. The molecule has 0 amide bonds. The van der Waals surface area contributed by atoms with Crippen LogP contribution >= 0.6 is 0 Å². The predicted octanol–water partition coefficient (Wildman–Crippen LogP) is 1.12. The standard InChI is InChI=1S/C15H18N2O4/c1-19-15(18)11-4-10-7-20-8-12(10)16-14(11)17-5-9-2-3-21-13(9)6-17/h4,9,13H,2-3,5-8H2,1H3/t9-,13+/m1/s1. The number of ether oxygens (including phenoxy) is 3. The van der Waals surface area contributed by atoms with Gasteiger partial charge in [-0.2, -0.15) is 0 Å². The van der Waals surface area contributed by atoms with Crippen LogP contribution in [0.2, 0.25) is 0 Å². The smallest absolute Gasteiger partial charge is 0.341 e. The molecule has 6 nitrogen and oxygen atoms in total. The van der Waals surface area contributed by atoms with Crippen molar-refractivity contribution in [2.24, 2.45) is 5.92 Å². The minimum Gasteiger partial charge on any atom is -0.465 e. The summed E-state index contributed by atoms with van der Waals surface area (Å²) in [4.78, 5) is 18.9. The maximum atomic E-state index is 12.1. The topological polar surface area (TPSA) is 60.9 Å². The Morgan fingerprint density at radius 2 is 2.33 bits per heavy atom. The van der Waals surface area contributed by atoms with Crippen molar-refractivity contribution in [2.45, 2.75) is 25.7 Å². The van der Waals surface area contributed by atoms with Crippen molar-refractivity contribution >= 4 is 11.8 Å². The van der Waals surface area contributed by atoms with Crippen molar-refractivity contribution in [3.63, 3.8) is 0 Å². The molecule has 6 heteroatoms. The molecular formula is C15H18N2O4. The van der Waals surface area contributed by atoms with Crippen molar-refractivity contribution in [1.82, 2.24) is 4.98 Å². The first-order valence-corrected chi connectivity index (χ1v) is 7.31. The molecule has 0 aromatic carbocycles. The Kier molecular flexibility index (Phi) is 3.08. The molecule has 2 atom stereocenters. The zero-order chi connectivity index (χ0) is 14.4. The Labute approximate surface area is 123 Å². The lowest BCUT2D eigenvalue weighted by Gasteiger charge is -2.21. The van der Waals surface area contributed by atoms with Crippen LogP contribution in [0, 0.1) is 5.92 Å². The van der Waals surface area contributed by atoms with Crippen molar-refractivity contribution in [3.8, 4) is 0 Å². The summed E-state index contributed by atoms with van der Waals surface area (Å²) in [5.41, 5.74) is 2.44. The molecule has 1 aromatic heterocycles. The average Bonchev–Trinajstić information content (AvgIpc) is 3.19. The van der Waals surface area contributed by atoms with Crippen LogP contribution in [-0.2, 0) is 27.4 Å². The average molecular weight is 290 g/mol. The van der Waals surface area contributed by atoms with Crippen molar-refractivity contribution < 1.29 is 19.0 Å². The number of aromatic nitrogens is 1. The normalized spacial score (nSPS) is 26.8. The van der Waals surface area contributed by atoms with E-state index in [-0.39, 0.29) is 12.1 Å². The Morgan fingerprint density at radius 3 is 3.14 bits per heavy atom. The third kappa shape index (κ3) is 2.10. The Bertz CT molecular complexity index is 577. The zero-order valence-corrected chi connectivity index (χ0v) is 12.0. The van der Waals surface area contributed by atoms with Crippen molar-refractivity contribution in [1.29, 1.82) is 0 Å². The van der Waals surface area contributed by atoms with Gasteiger partial charge < -0.3 is 19.1 Å². The molecular weight excluding hydrogens is 272 g/mol. The molecule has 0 N–H and O–H groups in total. The quantitative estimate of drug-likeness (QED) is 0.761. The van der Waals surface area contributed by atoms with E-state index in [1.165, 1.54) is 7.11 Å². The lowest BCUT2D eigenvalue weighted by molar-refractivity contribution is 0.0600. The SMILES string of the molecule is COC(=O)c1cc2c(nc1N1C[C@H]3CCO[C@H]3C1)COC2. The van der Waals surface area contributed by atoms with Gasteiger partial charge in [-0.15, -0.1) is 0 Å². The second-order valence-corrected chi connectivity index (χ2v) is 5.81. The number of hydrogen-bond donors (Lipinski definition) is 0. The highest BCUT2D eigenvalue weighted by Gasteiger charge is 2.39. The second kappa shape index (κ2) is 4.96. The van der Waals surface area contributed by atoms with Gasteiger partial charge in [0.05, 0.1) is 32.1 Å².